The molecule has 0 spiro atoms. The number of nitrogens with one attached hydrogen (secondary N) is 1. The lowest BCUT2D eigenvalue weighted by atomic mass is 10.1. The van der Waals surface area contributed by atoms with E-state index >= 15 is 0 Å². The SMILES string of the molecule is Cc1ccc(CNc2ccc([N+](=O)[O-])c(Br)c2)cc1Cl. The van der Waals surface area contributed by atoms with Crippen LogP contribution in [0.2, 0.25) is 5.02 Å². The number of halogens is 2. The number of aryl methyl sites for hydroxylation is 1. The fourth-order valence-electron chi connectivity index (χ4n) is 1.72. The summed E-state index contributed by atoms with van der Waals surface area (Å²) < 4.78 is 0.453. The van der Waals surface area contributed by atoms with Crippen molar-refractivity contribution in [2.24, 2.45) is 0 Å². The third kappa shape index (κ3) is 3.49. The Balaban J connectivity index is 2.09. The zero-order valence-corrected chi connectivity index (χ0v) is 13.0. The first-order valence-corrected chi connectivity index (χ1v) is 7.07. The maximum absolute atomic E-state index is 10.7. The number of hydrogen-bond donors (Lipinski definition) is 1. The van der Waals surface area contributed by atoms with Gasteiger partial charge >= 0.3 is 0 Å². The molecular weight excluding hydrogens is 344 g/mol. The minimum absolute atomic E-state index is 0.0499. The van der Waals surface area contributed by atoms with Gasteiger partial charge < -0.3 is 5.32 Å². The van der Waals surface area contributed by atoms with Crippen LogP contribution in [0.4, 0.5) is 11.4 Å². The molecule has 0 fully saturated rings. The first kappa shape index (κ1) is 14.8. The Labute approximate surface area is 130 Å². The summed E-state index contributed by atoms with van der Waals surface area (Å²) >= 11 is 9.26. The van der Waals surface area contributed by atoms with Crippen molar-refractivity contribution in [2.45, 2.75) is 13.5 Å². The lowest BCUT2D eigenvalue weighted by Gasteiger charge is -2.08. The van der Waals surface area contributed by atoms with E-state index < -0.39 is 4.92 Å². The van der Waals surface area contributed by atoms with Crippen molar-refractivity contribution in [2.75, 3.05) is 5.32 Å². The summed E-state index contributed by atoms with van der Waals surface area (Å²) in [7, 11) is 0. The molecule has 1 N–H and O–H groups in total. The highest BCUT2D eigenvalue weighted by Crippen LogP contribution is 2.28. The van der Waals surface area contributed by atoms with E-state index in [0.717, 1.165) is 21.8 Å². The van der Waals surface area contributed by atoms with Gasteiger partial charge in [0.15, 0.2) is 0 Å². The molecule has 0 saturated carbocycles. The second-order valence-electron chi connectivity index (χ2n) is 4.36. The highest BCUT2D eigenvalue weighted by molar-refractivity contribution is 9.10. The Hall–Kier alpha value is -1.59. The zero-order chi connectivity index (χ0) is 14.7. The summed E-state index contributed by atoms with van der Waals surface area (Å²) in [6.07, 6.45) is 0. The summed E-state index contributed by atoms with van der Waals surface area (Å²) in [4.78, 5) is 10.3. The lowest BCUT2D eigenvalue weighted by Crippen LogP contribution is -2.00. The van der Waals surface area contributed by atoms with E-state index in [4.69, 9.17) is 11.6 Å². The molecule has 0 bridgehead atoms. The smallest absolute Gasteiger partial charge is 0.283 e. The van der Waals surface area contributed by atoms with Crippen LogP contribution in [0.15, 0.2) is 40.9 Å². The molecule has 2 rings (SSSR count). The van der Waals surface area contributed by atoms with Crippen LogP contribution in [0.5, 0.6) is 0 Å². The number of benzene rings is 2. The molecule has 2 aromatic rings. The van der Waals surface area contributed by atoms with E-state index in [-0.39, 0.29) is 5.69 Å². The van der Waals surface area contributed by atoms with Gasteiger partial charge in [-0.2, -0.15) is 0 Å². The van der Waals surface area contributed by atoms with Crippen LogP contribution >= 0.6 is 27.5 Å². The zero-order valence-electron chi connectivity index (χ0n) is 10.7. The molecule has 6 heteroatoms. The Morgan fingerprint density at radius 1 is 1.30 bits per heavy atom. The van der Waals surface area contributed by atoms with E-state index in [0.29, 0.717) is 11.0 Å². The largest absolute Gasteiger partial charge is 0.381 e. The number of nitro groups is 1. The molecule has 0 aliphatic carbocycles. The fraction of sp³-hybridized carbons (Fsp3) is 0.143. The lowest BCUT2D eigenvalue weighted by molar-refractivity contribution is -0.385. The Kier molecular flexibility index (Phi) is 4.62. The van der Waals surface area contributed by atoms with Crippen molar-refractivity contribution in [1.82, 2.24) is 0 Å². The average Bonchev–Trinajstić information content (AvgIpc) is 2.40. The topological polar surface area (TPSA) is 55.2 Å². The van der Waals surface area contributed by atoms with E-state index in [9.17, 15) is 10.1 Å². The van der Waals surface area contributed by atoms with Gasteiger partial charge in [0.1, 0.15) is 0 Å². The first-order valence-electron chi connectivity index (χ1n) is 5.90. The molecule has 0 radical (unpaired) electrons. The molecule has 0 saturated heterocycles. The van der Waals surface area contributed by atoms with Crippen molar-refractivity contribution in [1.29, 1.82) is 0 Å². The van der Waals surface area contributed by atoms with Gasteiger partial charge in [0.05, 0.1) is 9.40 Å². The standard InChI is InChI=1S/C14H12BrClN2O2/c1-9-2-3-10(6-13(9)16)8-17-11-4-5-14(18(19)20)12(15)7-11/h2-7,17H,8H2,1H3. The van der Waals surface area contributed by atoms with E-state index in [1.807, 2.05) is 25.1 Å². The van der Waals surface area contributed by atoms with Gasteiger partial charge in [-0.05, 0) is 52.2 Å². The molecule has 0 aromatic heterocycles. The molecule has 4 nitrogen and oxygen atoms in total. The molecule has 0 heterocycles. The van der Waals surface area contributed by atoms with Crippen LogP contribution < -0.4 is 5.32 Å². The van der Waals surface area contributed by atoms with Gasteiger partial charge in [-0.25, -0.2) is 0 Å². The summed E-state index contributed by atoms with van der Waals surface area (Å²) in [5.41, 5.74) is 2.94. The van der Waals surface area contributed by atoms with E-state index in [1.165, 1.54) is 6.07 Å². The van der Waals surface area contributed by atoms with Crippen LogP contribution in [0.25, 0.3) is 0 Å². The Morgan fingerprint density at radius 2 is 2.05 bits per heavy atom. The van der Waals surface area contributed by atoms with Crippen LogP contribution in [0.3, 0.4) is 0 Å². The molecule has 2 aromatic carbocycles. The monoisotopic (exact) mass is 354 g/mol. The van der Waals surface area contributed by atoms with Gasteiger partial charge in [0, 0.05) is 23.3 Å². The number of hydrogen-bond acceptors (Lipinski definition) is 3. The number of nitrogens with zero attached hydrogens (tertiary/aromatic N) is 1. The predicted octanol–water partition coefficient (Wildman–Crippen LogP) is 4.93. The number of rotatable bonds is 4. The van der Waals surface area contributed by atoms with Crippen LogP contribution in [0.1, 0.15) is 11.1 Å². The number of nitro benzene ring substituents is 1. The first-order chi connectivity index (χ1) is 9.47. The van der Waals surface area contributed by atoms with Crippen molar-refractivity contribution in [3.8, 4) is 0 Å². The van der Waals surface area contributed by atoms with Gasteiger partial charge in [0.2, 0.25) is 0 Å². The molecule has 20 heavy (non-hydrogen) atoms. The molecule has 104 valence electrons. The second kappa shape index (κ2) is 6.24. The maximum atomic E-state index is 10.7. The summed E-state index contributed by atoms with van der Waals surface area (Å²) in [6, 6.07) is 10.7. The molecular formula is C14H12BrClN2O2. The highest BCUT2D eigenvalue weighted by atomic mass is 79.9. The summed E-state index contributed by atoms with van der Waals surface area (Å²) in [6.45, 7) is 2.55. The van der Waals surface area contributed by atoms with E-state index in [1.54, 1.807) is 12.1 Å². The van der Waals surface area contributed by atoms with Crippen molar-refractivity contribution in [3.63, 3.8) is 0 Å². The summed E-state index contributed by atoms with van der Waals surface area (Å²) in [5, 5.41) is 14.7. The predicted molar refractivity (Wildman–Crippen MR) is 84.3 cm³/mol. The molecule has 0 atom stereocenters. The fourth-order valence-corrected chi connectivity index (χ4v) is 2.44. The molecule has 0 unspecified atom stereocenters. The van der Waals surface area contributed by atoms with Gasteiger partial charge in [-0.15, -0.1) is 0 Å². The third-order valence-electron chi connectivity index (χ3n) is 2.88. The molecule has 0 amide bonds. The Bertz CT molecular complexity index is 662. The summed E-state index contributed by atoms with van der Waals surface area (Å²) in [5.74, 6) is 0. The minimum atomic E-state index is -0.423. The van der Waals surface area contributed by atoms with Gasteiger partial charge in [0.25, 0.3) is 5.69 Å². The highest BCUT2D eigenvalue weighted by Gasteiger charge is 2.11. The van der Waals surface area contributed by atoms with Crippen LogP contribution in [-0.2, 0) is 6.54 Å². The molecule has 0 aliphatic rings. The molecule has 0 aliphatic heterocycles. The van der Waals surface area contributed by atoms with E-state index in [2.05, 4.69) is 21.2 Å². The van der Waals surface area contributed by atoms with Crippen LogP contribution in [-0.4, -0.2) is 4.92 Å². The van der Waals surface area contributed by atoms with Crippen molar-refractivity contribution < 1.29 is 4.92 Å². The minimum Gasteiger partial charge on any atom is -0.381 e. The number of anilines is 1. The van der Waals surface area contributed by atoms with Crippen molar-refractivity contribution in [3.05, 3.63) is 67.1 Å². The quantitative estimate of drug-likeness (QED) is 0.625. The van der Waals surface area contributed by atoms with Crippen LogP contribution in [0, 0.1) is 17.0 Å². The average molecular weight is 356 g/mol. The third-order valence-corrected chi connectivity index (χ3v) is 3.92. The van der Waals surface area contributed by atoms with Crippen molar-refractivity contribution >= 4 is 38.9 Å². The second-order valence-corrected chi connectivity index (χ2v) is 5.62. The van der Waals surface area contributed by atoms with Gasteiger partial charge in [-0.1, -0.05) is 23.7 Å². The van der Waals surface area contributed by atoms with Gasteiger partial charge in [-0.3, -0.25) is 10.1 Å². The normalized spacial score (nSPS) is 10.3. The Morgan fingerprint density at radius 3 is 2.65 bits per heavy atom. The maximum Gasteiger partial charge on any atom is 0.283 e.